The summed E-state index contributed by atoms with van der Waals surface area (Å²) in [5.74, 6) is -0.934. The van der Waals surface area contributed by atoms with Crippen molar-refractivity contribution in [1.82, 2.24) is 14.7 Å². The fourth-order valence-corrected chi connectivity index (χ4v) is 2.73. The van der Waals surface area contributed by atoms with E-state index in [1.807, 2.05) is 24.3 Å². The molecule has 1 fully saturated rings. The molecule has 0 aliphatic carbocycles. The number of aliphatic carboxylic acids is 1. The van der Waals surface area contributed by atoms with Crippen LogP contribution in [0.1, 0.15) is 13.3 Å². The highest BCUT2D eigenvalue weighted by Gasteiger charge is 2.42. The number of carboxylic acid groups (broad SMARTS) is 1. The number of benzene rings is 1. The molecule has 1 aliphatic heterocycles. The van der Waals surface area contributed by atoms with Crippen molar-refractivity contribution >= 4 is 22.8 Å². The lowest BCUT2D eigenvalue weighted by atomic mass is 9.90. The van der Waals surface area contributed by atoms with Crippen LogP contribution in [-0.2, 0) is 16.1 Å². The van der Waals surface area contributed by atoms with Crippen molar-refractivity contribution in [3.8, 4) is 0 Å². The second-order valence-corrected chi connectivity index (χ2v) is 5.79. The lowest BCUT2D eigenvalue weighted by Gasteiger charge is -2.20. The number of likely N-dealkylation sites (tertiary alicyclic amines) is 1. The number of carbonyl (C=O) groups excluding carboxylic acids is 1. The second kappa shape index (κ2) is 4.87. The molecule has 1 N–H and O–H groups in total. The summed E-state index contributed by atoms with van der Waals surface area (Å²) in [5, 5.41) is 14.4. The Morgan fingerprint density at radius 2 is 2.14 bits per heavy atom. The molecule has 21 heavy (non-hydrogen) atoms. The van der Waals surface area contributed by atoms with Crippen LogP contribution in [0.25, 0.3) is 10.9 Å². The van der Waals surface area contributed by atoms with Gasteiger partial charge in [-0.3, -0.25) is 14.3 Å². The van der Waals surface area contributed by atoms with E-state index in [-0.39, 0.29) is 19.0 Å². The molecule has 1 aliphatic rings. The summed E-state index contributed by atoms with van der Waals surface area (Å²) in [4.78, 5) is 25.2. The van der Waals surface area contributed by atoms with E-state index in [1.54, 1.807) is 22.7 Å². The van der Waals surface area contributed by atoms with Gasteiger partial charge in [0.25, 0.3) is 0 Å². The van der Waals surface area contributed by atoms with Crippen molar-refractivity contribution in [1.29, 1.82) is 0 Å². The average Bonchev–Trinajstić information content (AvgIpc) is 3.05. The minimum Gasteiger partial charge on any atom is -0.481 e. The number of amides is 1. The number of rotatable bonds is 3. The first kappa shape index (κ1) is 13.6. The third-order valence-corrected chi connectivity index (χ3v) is 4.18. The lowest BCUT2D eigenvalue weighted by Crippen LogP contribution is -2.36. The van der Waals surface area contributed by atoms with Gasteiger partial charge >= 0.3 is 5.97 Å². The first-order valence-corrected chi connectivity index (χ1v) is 6.91. The normalized spacial score (nSPS) is 21.9. The Hall–Kier alpha value is -2.37. The maximum Gasteiger partial charge on any atom is 0.311 e. The van der Waals surface area contributed by atoms with Crippen molar-refractivity contribution in [2.45, 2.75) is 19.9 Å². The molecule has 6 heteroatoms. The number of fused-ring (bicyclic) bond motifs is 1. The van der Waals surface area contributed by atoms with E-state index in [9.17, 15) is 14.7 Å². The standard InChI is InChI=1S/C15H17N3O3/c1-15(14(20)21)6-7-17(10-15)13(19)9-18-12-5-3-2-4-11(12)8-16-18/h2-5,8H,6-7,9-10H2,1H3,(H,20,21)/t15-/m1/s1. The maximum absolute atomic E-state index is 12.3. The molecule has 3 rings (SSSR count). The fourth-order valence-electron chi connectivity index (χ4n) is 2.73. The van der Waals surface area contributed by atoms with E-state index in [4.69, 9.17) is 0 Å². The number of nitrogens with zero attached hydrogens (tertiary/aromatic N) is 3. The number of carboxylic acids is 1. The summed E-state index contributed by atoms with van der Waals surface area (Å²) >= 11 is 0. The van der Waals surface area contributed by atoms with Crippen LogP contribution in [0.2, 0.25) is 0 Å². The molecule has 1 aromatic heterocycles. The Balaban J connectivity index is 1.74. The number of hydrogen-bond acceptors (Lipinski definition) is 3. The van der Waals surface area contributed by atoms with Crippen molar-refractivity contribution in [3.63, 3.8) is 0 Å². The molecule has 0 bridgehead atoms. The van der Waals surface area contributed by atoms with Crippen LogP contribution in [0, 0.1) is 5.41 Å². The van der Waals surface area contributed by atoms with E-state index >= 15 is 0 Å². The largest absolute Gasteiger partial charge is 0.481 e. The summed E-state index contributed by atoms with van der Waals surface area (Å²) in [5.41, 5.74) is 0.0769. The zero-order chi connectivity index (χ0) is 15.0. The van der Waals surface area contributed by atoms with Gasteiger partial charge in [0.15, 0.2) is 0 Å². The monoisotopic (exact) mass is 287 g/mol. The highest BCUT2D eigenvalue weighted by atomic mass is 16.4. The van der Waals surface area contributed by atoms with Crippen LogP contribution in [0.5, 0.6) is 0 Å². The molecule has 0 unspecified atom stereocenters. The minimum absolute atomic E-state index is 0.0890. The van der Waals surface area contributed by atoms with Crippen molar-refractivity contribution in [3.05, 3.63) is 30.5 Å². The minimum atomic E-state index is -0.845. The van der Waals surface area contributed by atoms with Crippen LogP contribution < -0.4 is 0 Å². The number of para-hydroxylation sites is 1. The van der Waals surface area contributed by atoms with Crippen molar-refractivity contribution in [2.24, 2.45) is 5.41 Å². The Morgan fingerprint density at radius 3 is 2.86 bits per heavy atom. The molecule has 1 saturated heterocycles. The third-order valence-electron chi connectivity index (χ3n) is 4.18. The summed E-state index contributed by atoms with van der Waals surface area (Å²) < 4.78 is 1.66. The molecule has 0 radical (unpaired) electrons. The third kappa shape index (κ3) is 2.37. The maximum atomic E-state index is 12.3. The fraction of sp³-hybridized carbons (Fsp3) is 0.400. The molecule has 1 amide bonds. The van der Waals surface area contributed by atoms with Crippen molar-refractivity contribution < 1.29 is 14.7 Å². The van der Waals surface area contributed by atoms with E-state index in [0.717, 1.165) is 10.9 Å². The summed E-state index contributed by atoms with van der Waals surface area (Å²) in [6.07, 6.45) is 2.22. The van der Waals surface area contributed by atoms with Gasteiger partial charge in [0.2, 0.25) is 5.91 Å². The van der Waals surface area contributed by atoms with Crippen molar-refractivity contribution in [2.75, 3.05) is 13.1 Å². The summed E-state index contributed by atoms with van der Waals surface area (Å²) in [7, 11) is 0. The highest BCUT2D eigenvalue weighted by Crippen LogP contribution is 2.30. The second-order valence-electron chi connectivity index (χ2n) is 5.79. The van der Waals surface area contributed by atoms with Crippen LogP contribution in [-0.4, -0.2) is 44.8 Å². The average molecular weight is 287 g/mol. The zero-order valence-corrected chi connectivity index (χ0v) is 11.8. The van der Waals surface area contributed by atoms with Gasteiger partial charge in [0.1, 0.15) is 6.54 Å². The Kier molecular flexibility index (Phi) is 3.16. The van der Waals surface area contributed by atoms with Gasteiger partial charge < -0.3 is 10.0 Å². The van der Waals surface area contributed by atoms with Gasteiger partial charge in [0, 0.05) is 18.5 Å². The smallest absolute Gasteiger partial charge is 0.311 e. The molecule has 1 atom stereocenters. The predicted molar refractivity (Wildman–Crippen MR) is 76.7 cm³/mol. The number of aromatic nitrogens is 2. The van der Waals surface area contributed by atoms with Gasteiger partial charge in [0.05, 0.1) is 17.1 Å². The van der Waals surface area contributed by atoms with E-state index in [2.05, 4.69) is 5.10 Å². The first-order valence-electron chi connectivity index (χ1n) is 6.91. The molecular weight excluding hydrogens is 270 g/mol. The molecule has 2 aromatic rings. The summed E-state index contributed by atoms with van der Waals surface area (Å²) in [6.45, 7) is 2.58. The molecule has 110 valence electrons. The van der Waals surface area contributed by atoms with Gasteiger partial charge in [-0.15, -0.1) is 0 Å². The van der Waals surface area contributed by atoms with Crippen LogP contribution >= 0.6 is 0 Å². The SMILES string of the molecule is C[C@@]1(C(=O)O)CCN(C(=O)Cn2ncc3ccccc32)C1. The van der Waals surface area contributed by atoms with E-state index in [0.29, 0.717) is 13.0 Å². The van der Waals surface area contributed by atoms with Crippen LogP contribution in [0.15, 0.2) is 30.5 Å². The Morgan fingerprint density at radius 1 is 1.38 bits per heavy atom. The summed E-state index contributed by atoms with van der Waals surface area (Å²) in [6, 6.07) is 7.69. The quantitative estimate of drug-likeness (QED) is 0.925. The van der Waals surface area contributed by atoms with E-state index in [1.165, 1.54) is 0 Å². The van der Waals surface area contributed by atoms with Crippen LogP contribution in [0.3, 0.4) is 0 Å². The van der Waals surface area contributed by atoms with Gasteiger partial charge in [-0.25, -0.2) is 0 Å². The van der Waals surface area contributed by atoms with Gasteiger partial charge in [-0.2, -0.15) is 5.10 Å². The molecule has 2 heterocycles. The number of hydrogen-bond donors (Lipinski definition) is 1. The molecule has 1 aromatic carbocycles. The highest BCUT2D eigenvalue weighted by molar-refractivity contribution is 5.83. The zero-order valence-electron chi connectivity index (χ0n) is 11.8. The first-order chi connectivity index (χ1) is 9.99. The topological polar surface area (TPSA) is 75.4 Å². The number of carbonyl (C=O) groups is 2. The van der Waals surface area contributed by atoms with Gasteiger partial charge in [-0.1, -0.05) is 18.2 Å². The van der Waals surface area contributed by atoms with Crippen LogP contribution in [0.4, 0.5) is 0 Å². The Bertz CT molecular complexity index is 709. The molecule has 0 saturated carbocycles. The predicted octanol–water partition coefficient (Wildman–Crippen LogP) is 1.36. The molecular formula is C15H17N3O3. The molecule has 6 nitrogen and oxygen atoms in total. The Labute approximate surface area is 122 Å². The lowest BCUT2D eigenvalue weighted by molar-refractivity contribution is -0.147. The molecule has 0 spiro atoms. The van der Waals surface area contributed by atoms with Gasteiger partial charge in [-0.05, 0) is 19.4 Å². The van der Waals surface area contributed by atoms with E-state index < -0.39 is 11.4 Å².